The highest BCUT2D eigenvalue weighted by atomic mass is 16.5. The average Bonchev–Trinajstić information content (AvgIpc) is 1.65. The quantitative estimate of drug-likeness (QED) is 0.326. The molecule has 1 aliphatic heterocycles. The zero-order valence-electron chi connectivity index (χ0n) is 4.68. The largest absolute Gasteiger partial charge is 0.345 e. The average molecular weight is 117 g/mol. The van der Waals surface area contributed by atoms with Crippen molar-refractivity contribution in [1.82, 2.24) is 5.32 Å². The van der Waals surface area contributed by atoms with E-state index < -0.39 is 5.85 Å². The number of rotatable bonds is 0. The van der Waals surface area contributed by atoms with Crippen molar-refractivity contribution in [1.29, 1.82) is 0 Å². The minimum absolute atomic E-state index is 0.535. The first-order valence-corrected chi connectivity index (χ1v) is 2.63. The van der Waals surface area contributed by atoms with E-state index in [2.05, 4.69) is 5.32 Å². The summed E-state index contributed by atoms with van der Waals surface area (Å²) in [6.45, 7) is 1.98. The van der Waals surface area contributed by atoms with Crippen LogP contribution >= 0.6 is 0 Å². The molecule has 0 aromatic rings. The van der Waals surface area contributed by atoms with E-state index in [1.165, 1.54) is 0 Å². The van der Waals surface area contributed by atoms with Crippen LogP contribution in [0.1, 0.15) is 0 Å². The summed E-state index contributed by atoms with van der Waals surface area (Å²) in [7, 11) is 0. The molecule has 1 aliphatic rings. The Kier molecular flexibility index (Phi) is 1.48. The van der Waals surface area contributed by atoms with Crippen molar-refractivity contribution >= 4 is 0 Å². The first kappa shape index (κ1) is 5.97. The lowest BCUT2D eigenvalue weighted by molar-refractivity contribution is -0.0568. The van der Waals surface area contributed by atoms with Gasteiger partial charge in [0, 0.05) is 6.54 Å². The van der Waals surface area contributed by atoms with Crippen molar-refractivity contribution in [2.45, 2.75) is 5.85 Å². The van der Waals surface area contributed by atoms with Gasteiger partial charge in [0.25, 0.3) is 0 Å². The number of morpholine rings is 1. The predicted octanol–water partition coefficient (Wildman–Crippen LogP) is -1.82. The van der Waals surface area contributed by atoms with Crippen molar-refractivity contribution in [3.05, 3.63) is 0 Å². The third kappa shape index (κ3) is 1.41. The van der Waals surface area contributed by atoms with Gasteiger partial charge in [0.1, 0.15) is 0 Å². The molecule has 0 atom stereocenters. The van der Waals surface area contributed by atoms with Gasteiger partial charge >= 0.3 is 0 Å². The van der Waals surface area contributed by atoms with Crippen LogP contribution < -0.4 is 16.8 Å². The van der Waals surface area contributed by atoms with Gasteiger partial charge < -0.3 is 10.1 Å². The molecule has 4 heteroatoms. The van der Waals surface area contributed by atoms with Crippen LogP contribution in [0.3, 0.4) is 0 Å². The maximum Gasteiger partial charge on any atom is 0.182 e. The van der Waals surface area contributed by atoms with Gasteiger partial charge in [0.15, 0.2) is 5.85 Å². The molecule has 48 valence electrons. The lowest BCUT2D eigenvalue weighted by Gasteiger charge is -2.29. The van der Waals surface area contributed by atoms with Gasteiger partial charge in [-0.1, -0.05) is 0 Å². The molecule has 4 nitrogen and oxygen atoms in total. The molecule has 1 heterocycles. The van der Waals surface area contributed by atoms with Crippen LogP contribution in [0.2, 0.25) is 0 Å². The van der Waals surface area contributed by atoms with E-state index in [1.807, 2.05) is 0 Å². The summed E-state index contributed by atoms with van der Waals surface area (Å²) in [4.78, 5) is 0. The molecule has 1 fully saturated rings. The molecule has 5 N–H and O–H groups in total. The monoisotopic (exact) mass is 117 g/mol. The van der Waals surface area contributed by atoms with Crippen LogP contribution in [-0.4, -0.2) is 25.5 Å². The number of ether oxygens (including phenoxy) is 1. The molecule has 0 spiro atoms. The fourth-order valence-corrected chi connectivity index (χ4v) is 0.648. The van der Waals surface area contributed by atoms with E-state index >= 15 is 0 Å². The Bertz CT molecular complexity index is 75.4. The van der Waals surface area contributed by atoms with Crippen LogP contribution in [0.25, 0.3) is 0 Å². The zero-order valence-corrected chi connectivity index (χ0v) is 4.68. The summed E-state index contributed by atoms with van der Waals surface area (Å²) in [5, 5.41) is 3.00. The molecular formula is C4H11N3O. The minimum Gasteiger partial charge on any atom is -0.345 e. The van der Waals surface area contributed by atoms with Crippen LogP contribution in [-0.2, 0) is 4.74 Å². The third-order valence-electron chi connectivity index (χ3n) is 1.05. The second-order valence-electron chi connectivity index (χ2n) is 1.98. The second kappa shape index (κ2) is 1.99. The summed E-state index contributed by atoms with van der Waals surface area (Å²) in [5.74, 6) is -0.932. The standard InChI is InChI=1S/C4H11N3O/c5-4(6)3-7-1-2-8-4/h7H,1-3,5-6H2. The molecule has 0 bridgehead atoms. The molecule has 0 aliphatic carbocycles. The molecule has 8 heavy (non-hydrogen) atoms. The van der Waals surface area contributed by atoms with Crippen molar-refractivity contribution in [3.8, 4) is 0 Å². The van der Waals surface area contributed by atoms with Crippen molar-refractivity contribution in [2.75, 3.05) is 19.7 Å². The summed E-state index contributed by atoms with van der Waals surface area (Å²) >= 11 is 0. The topological polar surface area (TPSA) is 73.3 Å². The van der Waals surface area contributed by atoms with Gasteiger partial charge in [0.2, 0.25) is 0 Å². The smallest absolute Gasteiger partial charge is 0.182 e. The highest BCUT2D eigenvalue weighted by Gasteiger charge is 2.21. The molecule has 0 amide bonds. The highest BCUT2D eigenvalue weighted by Crippen LogP contribution is 1.94. The Hall–Kier alpha value is -0.160. The number of nitrogens with one attached hydrogen (secondary N) is 1. The van der Waals surface area contributed by atoms with E-state index in [0.717, 1.165) is 6.54 Å². The summed E-state index contributed by atoms with van der Waals surface area (Å²) in [6, 6.07) is 0. The van der Waals surface area contributed by atoms with E-state index in [0.29, 0.717) is 13.2 Å². The Morgan fingerprint density at radius 1 is 1.50 bits per heavy atom. The normalized spacial score (nSPS) is 27.8. The maximum atomic E-state index is 5.37. The van der Waals surface area contributed by atoms with Gasteiger partial charge in [0.05, 0.1) is 13.2 Å². The van der Waals surface area contributed by atoms with Gasteiger partial charge in [-0.05, 0) is 0 Å². The SMILES string of the molecule is NC1(N)CNCCO1. The van der Waals surface area contributed by atoms with Crippen LogP contribution in [0.15, 0.2) is 0 Å². The van der Waals surface area contributed by atoms with E-state index in [9.17, 15) is 0 Å². The molecule has 0 aromatic carbocycles. The van der Waals surface area contributed by atoms with Crippen LogP contribution in [0.5, 0.6) is 0 Å². The molecule has 0 radical (unpaired) electrons. The minimum atomic E-state index is -0.932. The van der Waals surface area contributed by atoms with E-state index in [-0.39, 0.29) is 0 Å². The van der Waals surface area contributed by atoms with Crippen LogP contribution in [0.4, 0.5) is 0 Å². The summed E-state index contributed by atoms with van der Waals surface area (Å²) < 4.78 is 4.96. The molecular weight excluding hydrogens is 106 g/mol. The summed E-state index contributed by atoms with van der Waals surface area (Å²) in [5.41, 5.74) is 10.7. The number of nitrogens with two attached hydrogens (primary N) is 2. The Morgan fingerprint density at radius 3 is 2.50 bits per heavy atom. The van der Waals surface area contributed by atoms with Gasteiger partial charge in [-0.2, -0.15) is 0 Å². The second-order valence-corrected chi connectivity index (χ2v) is 1.98. The van der Waals surface area contributed by atoms with E-state index in [4.69, 9.17) is 16.2 Å². The first-order valence-electron chi connectivity index (χ1n) is 2.63. The fraction of sp³-hybridized carbons (Fsp3) is 1.00. The number of hydrogen-bond donors (Lipinski definition) is 3. The summed E-state index contributed by atoms with van der Waals surface area (Å²) in [6.07, 6.45) is 0. The molecule has 1 rings (SSSR count). The van der Waals surface area contributed by atoms with Crippen molar-refractivity contribution in [3.63, 3.8) is 0 Å². The van der Waals surface area contributed by atoms with Gasteiger partial charge in [-0.15, -0.1) is 0 Å². The molecule has 0 aromatic heterocycles. The lowest BCUT2D eigenvalue weighted by Crippen LogP contribution is -2.62. The van der Waals surface area contributed by atoms with Gasteiger partial charge in [-0.25, -0.2) is 0 Å². The maximum absolute atomic E-state index is 5.37. The van der Waals surface area contributed by atoms with Crippen molar-refractivity contribution < 1.29 is 4.74 Å². The Labute approximate surface area is 48.2 Å². The zero-order chi connectivity index (χ0) is 6.04. The fourth-order valence-electron chi connectivity index (χ4n) is 0.648. The first-order chi connectivity index (χ1) is 3.71. The highest BCUT2D eigenvalue weighted by molar-refractivity contribution is 4.71. The lowest BCUT2D eigenvalue weighted by atomic mass is 10.4. The van der Waals surface area contributed by atoms with Gasteiger partial charge in [-0.3, -0.25) is 11.5 Å². The van der Waals surface area contributed by atoms with Crippen molar-refractivity contribution in [2.24, 2.45) is 11.5 Å². The third-order valence-corrected chi connectivity index (χ3v) is 1.05. The molecule has 1 saturated heterocycles. The molecule has 0 saturated carbocycles. The Morgan fingerprint density at radius 2 is 2.25 bits per heavy atom. The Balaban J connectivity index is 2.33. The predicted molar refractivity (Wildman–Crippen MR) is 29.9 cm³/mol. The van der Waals surface area contributed by atoms with E-state index in [1.54, 1.807) is 0 Å². The number of hydrogen-bond acceptors (Lipinski definition) is 4. The molecule has 0 unspecified atom stereocenters. The van der Waals surface area contributed by atoms with Crippen LogP contribution in [0, 0.1) is 0 Å².